The van der Waals surface area contributed by atoms with Gasteiger partial charge in [-0.05, 0) is 66.3 Å². The normalized spacial score (nSPS) is 14.4. The molecule has 3 aromatic carbocycles. The highest BCUT2D eigenvalue weighted by Gasteiger charge is 2.22. The van der Waals surface area contributed by atoms with E-state index in [1.54, 1.807) is 12.1 Å². The summed E-state index contributed by atoms with van der Waals surface area (Å²) in [6, 6.07) is 21.1. The Morgan fingerprint density at radius 2 is 1.68 bits per heavy atom. The molecule has 1 saturated carbocycles. The molecule has 1 amide bonds. The van der Waals surface area contributed by atoms with Gasteiger partial charge in [-0.25, -0.2) is 13.1 Å². The lowest BCUT2D eigenvalue weighted by atomic mass is 10.1. The molecule has 0 heterocycles. The minimum absolute atomic E-state index is 0.0120. The number of sulfonamides is 1. The van der Waals surface area contributed by atoms with Gasteiger partial charge >= 0.3 is 0 Å². The molecule has 0 radical (unpaired) electrons. The highest BCUT2D eigenvalue weighted by atomic mass is 32.2. The Labute approximate surface area is 201 Å². The van der Waals surface area contributed by atoms with E-state index in [1.807, 2.05) is 42.5 Å². The predicted octanol–water partition coefficient (Wildman–Crippen LogP) is 4.58. The molecule has 7 heteroatoms. The minimum atomic E-state index is -3.47. The topological polar surface area (TPSA) is 84.5 Å². The van der Waals surface area contributed by atoms with Crippen molar-refractivity contribution in [1.29, 1.82) is 0 Å². The summed E-state index contributed by atoms with van der Waals surface area (Å²) in [5.74, 6) is 0.796. The van der Waals surface area contributed by atoms with Crippen molar-refractivity contribution < 1.29 is 17.9 Å². The molecule has 6 nitrogen and oxygen atoms in total. The summed E-state index contributed by atoms with van der Waals surface area (Å²) in [5.41, 5.74) is 0.986. The van der Waals surface area contributed by atoms with Gasteiger partial charge in [-0.15, -0.1) is 0 Å². The van der Waals surface area contributed by atoms with Crippen LogP contribution >= 0.6 is 0 Å². The van der Waals surface area contributed by atoms with Crippen LogP contribution in [0.3, 0.4) is 0 Å². The van der Waals surface area contributed by atoms with Gasteiger partial charge in [0.2, 0.25) is 15.9 Å². The molecule has 4 rings (SSSR count). The summed E-state index contributed by atoms with van der Waals surface area (Å²) in [7, 11) is -3.47. The van der Waals surface area contributed by atoms with Crippen LogP contribution in [0.1, 0.15) is 44.1 Å². The van der Waals surface area contributed by atoms with E-state index >= 15 is 0 Å². The van der Waals surface area contributed by atoms with Crippen molar-refractivity contribution in [1.82, 2.24) is 10.0 Å². The molecule has 1 aliphatic rings. The Bertz CT molecular complexity index is 1200. The molecule has 34 heavy (non-hydrogen) atoms. The number of ether oxygens (including phenoxy) is 1. The zero-order valence-electron chi connectivity index (χ0n) is 19.3. The van der Waals surface area contributed by atoms with Crippen LogP contribution in [-0.2, 0) is 21.2 Å². The van der Waals surface area contributed by atoms with Crippen molar-refractivity contribution in [3.8, 4) is 5.75 Å². The number of amides is 1. The molecule has 1 aliphatic carbocycles. The van der Waals surface area contributed by atoms with Gasteiger partial charge in [0.05, 0.1) is 11.5 Å². The van der Waals surface area contributed by atoms with Crippen molar-refractivity contribution in [2.45, 2.75) is 55.9 Å². The molecule has 0 saturated heterocycles. The van der Waals surface area contributed by atoms with Crippen molar-refractivity contribution in [3.05, 3.63) is 72.3 Å². The lowest BCUT2D eigenvalue weighted by molar-refractivity contribution is -0.121. The highest BCUT2D eigenvalue weighted by Crippen LogP contribution is 2.21. The first-order valence-electron chi connectivity index (χ1n) is 12.0. The van der Waals surface area contributed by atoms with Crippen molar-refractivity contribution >= 4 is 26.7 Å². The van der Waals surface area contributed by atoms with Crippen LogP contribution in [0.5, 0.6) is 5.75 Å². The average Bonchev–Trinajstić information content (AvgIpc) is 3.34. The number of carbonyl (C=O) groups excluding carboxylic acids is 1. The first-order valence-corrected chi connectivity index (χ1v) is 13.5. The number of carbonyl (C=O) groups is 1. The summed E-state index contributed by atoms with van der Waals surface area (Å²) in [4.78, 5) is 12.4. The molecule has 0 aromatic heterocycles. The number of fused-ring (bicyclic) bond motifs is 1. The maximum absolute atomic E-state index is 12.5. The van der Waals surface area contributed by atoms with Gasteiger partial charge in [-0.2, -0.15) is 0 Å². The molecule has 2 N–H and O–H groups in total. The van der Waals surface area contributed by atoms with Gasteiger partial charge in [0.15, 0.2) is 0 Å². The predicted molar refractivity (Wildman–Crippen MR) is 134 cm³/mol. The molecule has 0 atom stereocenters. The van der Waals surface area contributed by atoms with Gasteiger partial charge in [0, 0.05) is 19.0 Å². The minimum Gasteiger partial charge on any atom is -0.494 e. The van der Waals surface area contributed by atoms with E-state index < -0.39 is 10.0 Å². The third kappa shape index (κ3) is 6.81. The van der Waals surface area contributed by atoms with E-state index in [0.29, 0.717) is 37.3 Å². The highest BCUT2D eigenvalue weighted by molar-refractivity contribution is 7.89. The van der Waals surface area contributed by atoms with E-state index in [1.165, 1.54) is 5.39 Å². The van der Waals surface area contributed by atoms with Crippen LogP contribution in [-0.4, -0.2) is 33.5 Å². The van der Waals surface area contributed by atoms with Crippen LogP contribution < -0.4 is 14.8 Å². The average molecular weight is 481 g/mol. The fraction of sp³-hybridized carbons (Fsp3) is 0.370. The van der Waals surface area contributed by atoms with Crippen molar-refractivity contribution in [3.63, 3.8) is 0 Å². The van der Waals surface area contributed by atoms with E-state index in [9.17, 15) is 13.2 Å². The standard InChI is InChI=1S/C27H32N2O4S/c30-27(10-5-19-33-25-14-13-22-6-1-2-7-23(22)20-25)28-18-17-21-11-15-26(16-12-21)34(31,32)29-24-8-3-4-9-24/h1-2,6-7,11-16,20,24,29H,3-5,8-10,17-19H2,(H,28,30). The van der Waals surface area contributed by atoms with Gasteiger partial charge in [-0.3, -0.25) is 4.79 Å². The van der Waals surface area contributed by atoms with Gasteiger partial charge in [0.1, 0.15) is 5.75 Å². The van der Waals surface area contributed by atoms with Crippen molar-refractivity contribution in [2.75, 3.05) is 13.2 Å². The van der Waals surface area contributed by atoms with E-state index in [2.05, 4.69) is 22.2 Å². The van der Waals surface area contributed by atoms with Crippen LogP contribution in [0.25, 0.3) is 10.8 Å². The SMILES string of the molecule is O=C(CCCOc1ccc2ccccc2c1)NCCc1ccc(S(=O)(=O)NC2CCCC2)cc1. The second-order valence-electron chi connectivity index (χ2n) is 8.81. The Hall–Kier alpha value is -2.90. The van der Waals surface area contributed by atoms with Crippen molar-refractivity contribution in [2.24, 2.45) is 0 Å². The number of hydrogen-bond donors (Lipinski definition) is 2. The summed E-state index contributed by atoms with van der Waals surface area (Å²) in [5, 5.41) is 5.23. The van der Waals surface area contributed by atoms with Crippen LogP contribution in [0.2, 0.25) is 0 Å². The number of rotatable bonds is 11. The third-order valence-electron chi connectivity index (χ3n) is 6.18. The summed E-state index contributed by atoms with van der Waals surface area (Å²) < 4.78 is 33.6. The molecule has 1 fully saturated rings. The molecule has 0 spiro atoms. The Kier molecular flexibility index (Phi) is 8.19. The third-order valence-corrected chi connectivity index (χ3v) is 7.72. The smallest absolute Gasteiger partial charge is 0.240 e. The quantitative estimate of drug-likeness (QED) is 0.394. The summed E-state index contributed by atoms with van der Waals surface area (Å²) >= 11 is 0. The van der Waals surface area contributed by atoms with Gasteiger partial charge in [-0.1, -0.05) is 55.3 Å². The fourth-order valence-corrected chi connectivity index (χ4v) is 5.59. The zero-order valence-corrected chi connectivity index (χ0v) is 20.1. The Morgan fingerprint density at radius 1 is 0.941 bits per heavy atom. The largest absolute Gasteiger partial charge is 0.494 e. The second kappa shape index (κ2) is 11.5. The first-order chi connectivity index (χ1) is 16.5. The molecule has 0 bridgehead atoms. The molecule has 3 aromatic rings. The molecular formula is C27H32N2O4S. The summed E-state index contributed by atoms with van der Waals surface area (Å²) in [6.45, 7) is 0.993. The van der Waals surface area contributed by atoms with Crippen LogP contribution in [0.4, 0.5) is 0 Å². The number of benzene rings is 3. The number of nitrogens with one attached hydrogen (secondary N) is 2. The summed E-state index contributed by atoms with van der Waals surface area (Å²) in [6.07, 6.45) is 5.66. The van der Waals surface area contributed by atoms with Gasteiger partial charge in [0.25, 0.3) is 0 Å². The lowest BCUT2D eigenvalue weighted by Crippen LogP contribution is -2.32. The van der Waals surface area contributed by atoms with Crippen LogP contribution in [0, 0.1) is 0 Å². The Balaban J connectivity index is 1.14. The Morgan fingerprint density at radius 3 is 2.44 bits per heavy atom. The van der Waals surface area contributed by atoms with Gasteiger partial charge < -0.3 is 10.1 Å². The number of hydrogen-bond acceptors (Lipinski definition) is 4. The maximum atomic E-state index is 12.5. The maximum Gasteiger partial charge on any atom is 0.240 e. The fourth-order valence-electron chi connectivity index (χ4n) is 4.28. The monoisotopic (exact) mass is 480 g/mol. The molecule has 0 unspecified atom stereocenters. The first kappa shape index (κ1) is 24.2. The zero-order chi connectivity index (χ0) is 23.8. The molecule has 180 valence electrons. The van der Waals surface area contributed by atoms with Crippen LogP contribution in [0.15, 0.2) is 71.6 Å². The van der Waals surface area contributed by atoms with E-state index in [4.69, 9.17) is 4.74 Å². The second-order valence-corrected chi connectivity index (χ2v) is 10.5. The molecular weight excluding hydrogens is 448 g/mol. The van der Waals surface area contributed by atoms with E-state index in [-0.39, 0.29) is 11.9 Å². The lowest BCUT2D eigenvalue weighted by Gasteiger charge is -2.13. The van der Waals surface area contributed by atoms with E-state index in [0.717, 1.165) is 42.4 Å². The molecule has 0 aliphatic heterocycles.